The van der Waals surface area contributed by atoms with Crippen LogP contribution >= 0.6 is 0 Å². The minimum atomic E-state index is -0.0375. The van der Waals surface area contributed by atoms with Gasteiger partial charge in [-0.15, -0.1) is 0 Å². The van der Waals surface area contributed by atoms with Gasteiger partial charge < -0.3 is 0 Å². The summed E-state index contributed by atoms with van der Waals surface area (Å²) in [7, 11) is 0. The van der Waals surface area contributed by atoms with Crippen LogP contribution in [-0.2, 0) is 0 Å². The molecule has 0 saturated carbocycles. The lowest BCUT2D eigenvalue weighted by molar-refractivity contribution is 0.0978. The summed E-state index contributed by atoms with van der Waals surface area (Å²) >= 11 is 0. The fourth-order valence-electron chi connectivity index (χ4n) is 2.92. The number of hydrogen-bond donors (Lipinski definition) is 0. The largest absolute Gasteiger partial charge is 0.289 e. The predicted octanol–water partition coefficient (Wildman–Crippen LogP) is 3.70. The van der Waals surface area contributed by atoms with Gasteiger partial charge in [-0.3, -0.25) is 9.59 Å². The Balaban J connectivity index is 2.36. The third-order valence-electron chi connectivity index (χ3n) is 4.07. The molecule has 0 fully saturated rings. The summed E-state index contributed by atoms with van der Waals surface area (Å²) in [5.41, 5.74) is 6.15. The van der Waals surface area contributed by atoms with Gasteiger partial charge in [0.25, 0.3) is 0 Å². The first-order valence-electron chi connectivity index (χ1n) is 6.72. The third-order valence-corrected chi connectivity index (χ3v) is 4.07. The van der Waals surface area contributed by atoms with Crippen LogP contribution in [0.1, 0.15) is 54.1 Å². The molecule has 0 saturated heterocycles. The second-order valence-electron chi connectivity index (χ2n) is 5.64. The average Bonchev–Trinajstić information content (AvgIpc) is 2.37. The van der Waals surface area contributed by atoms with Gasteiger partial charge in [0, 0.05) is 22.3 Å². The normalized spacial score (nSPS) is 13.2. The SMILES string of the molecule is Cc1cc(C)c2c(c1)C(=O)c1cc(C)c(C)cc1C2=O. The molecule has 0 spiro atoms. The highest BCUT2D eigenvalue weighted by Gasteiger charge is 2.31. The second kappa shape index (κ2) is 4.14. The van der Waals surface area contributed by atoms with E-state index >= 15 is 0 Å². The van der Waals surface area contributed by atoms with Crippen LogP contribution in [0.2, 0.25) is 0 Å². The van der Waals surface area contributed by atoms with Crippen LogP contribution in [0.3, 0.4) is 0 Å². The Kier molecular flexibility index (Phi) is 2.65. The van der Waals surface area contributed by atoms with Gasteiger partial charge in [-0.1, -0.05) is 11.6 Å². The van der Waals surface area contributed by atoms with Gasteiger partial charge >= 0.3 is 0 Å². The molecule has 2 nitrogen and oxygen atoms in total. The van der Waals surface area contributed by atoms with Crippen molar-refractivity contribution in [2.45, 2.75) is 27.7 Å². The fourth-order valence-corrected chi connectivity index (χ4v) is 2.92. The van der Waals surface area contributed by atoms with Crippen LogP contribution in [-0.4, -0.2) is 11.6 Å². The van der Waals surface area contributed by atoms with Gasteiger partial charge in [0.1, 0.15) is 0 Å². The molecular weight excluding hydrogens is 248 g/mol. The maximum atomic E-state index is 12.7. The fraction of sp³-hybridized carbons (Fsp3) is 0.222. The molecule has 0 bridgehead atoms. The molecule has 1 aliphatic carbocycles. The summed E-state index contributed by atoms with van der Waals surface area (Å²) < 4.78 is 0. The number of fused-ring (bicyclic) bond motifs is 2. The van der Waals surface area contributed by atoms with Crippen LogP contribution in [0.4, 0.5) is 0 Å². The lowest BCUT2D eigenvalue weighted by atomic mass is 9.80. The van der Waals surface area contributed by atoms with Gasteiger partial charge in [0.2, 0.25) is 0 Å². The Morgan fingerprint density at radius 3 is 1.75 bits per heavy atom. The number of carbonyl (C=O) groups is 2. The molecule has 0 aromatic heterocycles. The van der Waals surface area contributed by atoms with Crippen molar-refractivity contribution in [1.82, 2.24) is 0 Å². The molecule has 2 heteroatoms. The summed E-state index contributed by atoms with van der Waals surface area (Å²) in [6.07, 6.45) is 0. The summed E-state index contributed by atoms with van der Waals surface area (Å²) in [4.78, 5) is 25.4. The Hall–Kier alpha value is -2.22. The third kappa shape index (κ3) is 1.64. The molecule has 20 heavy (non-hydrogen) atoms. The van der Waals surface area contributed by atoms with E-state index in [9.17, 15) is 9.59 Å². The molecule has 0 N–H and O–H groups in total. The van der Waals surface area contributed by atoms with Crippen molar-refractivity contribution in [2.75, 3.05) is 0 Å². The standard InChI is InChI=1S/C18H16O2/c1-9-5-12(4)16-15(6-9)17(19)13-7-10(2)11(3)8-14(13)18(16)20/h5-8H,1-4H3. The molecule has 0 aliphatic heterocycles. The average molecular weight is 264 g/mol. The Morgan fingerprint density at radius 1 is 0.600 bits per heavy atom. The number of hydrogen-bond acceptors (Lipinski definition) is 2. The molecule has 0 unspecified atom stereocenters. The van der Waals surface area contributed by atoms with E-state index in [1.165, 1.54) is 0 Å². The van der Waals surface area contributed by atoms with Gasteiger partial charge in [0.15, 0.2) is 11.6 Å². The highest BCUT2D eigenvalue weighted by molar-refractivity contribution is 6.29. The first-order chi connectivity index (χ1) is 9.40. The molecular formula is C18H16O2. The van der Waals surface area contributed by atoms with E-state index in [4.69, 9.17) is 0 Å². The minimum absolute atomic E-state index is 0.0322. The molecule has 0 atom stereocenters. The van der Waals surface area contributed by atoms with E-state index < -0.39 is 0 Å². The van der Waals surface area contributed by atoms with Crippen molar-refractivity contribution >= 4 is 11.6 Å². The van der Waals surface area contributed by atoms with E-state index in [1.807, 2.05) is 52.0 Å². The molecule has 1 aliphatic rings. The molecule has 100 valence electrons. The Bertz CT molecular complexity index is 782. The van der Waals surface area contributed by atoms with Crippen molar-refractivity contribution in [3.8, 4) is 0 Å². The van der Waals surface area contributed by atoms with E-state index in [1.54, 1.807) is 0 Å². The molecule has 2 aromatic carbocycles. The maximum absolute atomic E-state index is 12.7. The zero-order valence-corrected chi connectivity index (χ0v) is 12.1. The molecule has 2 aromatic rings. The van der Waals surface area contributed by atoms with Gasteiger partial charge in [-0.2, -0.15) is 0 Å². The van der Waals surface area contributed by atoms with Crippen molar-refractivity contribution in [1.29, 1.82) is 0 Å². The molecule has 3 rings (SSSR count). The monoisotopic (exact) mass is 264 g/mol. The van der Waals surface area contributed by atoms with Crippen LogP contribution < -0.4 is 0 Å². The highest BCUT2D eigenvalue weighted by Crippen LogP contribution is 2.31. The van der Waals surface area contributed by atoms with Crippen LogP contribution in [0.25, 0.3) is 0 Å². The smallest absolute Gasteiger partial charge is 0.194 e. The van der Waals surface area contributed by atoms with Crippen LogP contribution in [0, 0.1) is 27.7 Å². The number of carbonyl (C=O) groups excluding carboxylic acids is 2. The van der Waals surface area contributed by atoms with Crippen LogP contribution in [0.15, 0.2) is 24.3 Å². The van der Waals surface area contributed by atoms with Crippen molar-refractivity contribution < 1.29 is 9.59 Å². The minimum Gasteiger partial charge on any atom is -0.289 e. The second-order valence-corrected chi connectivity index (χ2v) is 5.64. The van der Waals surface area contributed by atoms with E-state index in [0.717, 1.165) is 22.3 Å². The van der Waals surface area contributed by atoms with Crippen molar-refractivity contribution in [3.63, 3.8) is 0 Å². The quantitative estimate of drug-likeness (QED) is 0.620. The van der Waals surface area contributed by atoms with Gasteiger partial charge in [0.05, 0.1) is 0 Å². The topological polar surface area (TPSA) is 34.1 Å². The first-order valence-corrected chi connectivity index (χ1v) is 6.72. The number of benzene rings is 2. The Morgan fingerprint density at radius 2 is 1.15 bits per heavy atom. The number of aryl methyl sites for hydroxylation is 4. The van der Waals surface area contributed by atoms with E-state index in [0.29, 0.717) is 22.3 Å². The maximum Gasteiger partial charge on any atom is 0.194 e. The van der Waals surface area contributed by atoms with E-state index in [-0.39, 0.29) is 11.6 Å². The number of rotatable bonds is 0. The molecule has 0 heterocycles. The zero-order valence-electron chi connectivity index (χ0n) is 12.1. The number of ketones is 2. The summed E-state index contributed by atoms with van der Waals surface area (Å²) in [5.74, 6) is -0.0697. The van der Waals surface area contributed by atoms with Crippen LogP contribution in [0.5, 0.6) is 0 Å². The summed E-state index contributed by atoms with van der Waals surface area (Å²) in [6.45, 7) is 7.76. The summed E-state index contributed by atoms with van der Waals surface area (Å²) in [6, 6.07) is 7.45. The first kappa shape index (κ1) is 12.8. The predicted molar refractivity (Wildman–Crippen MR) is 78.7 cm³/mol. The van der Waals surface area contributed by atoms with Crippen molar-refractivity contribution in [2.24, 2.45) is 0 Å². The highest BCUT2D eigenvalue weighted by atomic mass is 16.1. The van der Waals surface area contributed by atoms with E-state index in [2.05, 4.69) is 0 Å². The van der Waals surface area contributed by atoms with Gasteiger partial charge in [-0.25, -0.2) is 0 Å². The lowest BCUT2D eigenvalue weighted by Crippen LogP contribution is -2.22. The Labute approximate surface area is 118 Å². The molecule has 0 radical (unpaired) electrons. The zero-order chi connectivity index (χ0) is 14.6. The van der Waals surface area contributed by atoms with Crippen molar-refractivity contribution in [3.05, 3.63) is 68.8 Å². The van der Waals surface area contributed by atoms with Gasteiger partial charge in [-0.05, 0) is 62.6 Å². The lowest BCUT2D eigenvalue weighted by Gasteiger charge is -2.21. The molecule has 0 amide bonds. The summed E-state index contributed by atoms with van der Waals surface area (Å²) in [5, 5.41) is 0.